The molecule has 6 nitrogen and oxygen atoms in total. The standard InChI is InChI=1S/C26H32N2O4S/c1-16(2)20-9-11-21(12-10-20)27-33(30,31)25-18(4)17(3)15-22-19(5)23(32-24(22)25)26(29)28-13-7-6-8-14-28/h9-12,15-16,27H,6-8,13-14H2,1-5H3. The number of carbonyl (C=O) groups excluding carboxylic acids is 1. The van der Waals surface area contributed by atoms with Gasteiger partial charge < -0.3 is 9.32 Å². The van der Waals surface area contributed by atoms with Gasteiger partial charge in [-0.2, -0.15) is 0 Å². The fourth-order valence-electron chi connectivity index (χ4n) is 4.45. The van der Waals surface area contributed by atoms with Gasteiger partial charge in [-0.15, -0.1) is 0 Å². The molecule has 176 valence electrons. The topological polar surface area (TPSA) is 79.6 Å². The first-order chi connectivity index (χ1) is 15.6. The van der Waals surface area contributed by atoms with Crippen molar-refractivity contribution in [1.82, 2.24) is 4.90 Å². The van der Waals surface area contributed by atoms with Gasteiger partial charge in [-0.05, 0) is 80.8 Å². The van der Waals surface area contributed by atoms with Crippen molar-refractivity contribution in [2.75, 3.05) is 17.8 Å². The van der Waals surface area contributed by atoms with Gasteiger partial charge in [-0.1, -0.05) is 26.0 Å². The summed E-state index contributed by atoms with van der Waals surface area (Å²) in [5, 5.41) is 0.661. The highest BCUT2D eigenvalue weighted by molar-refractivity contribution is 7.93. The summed E-state index contributed by atoms with van der Waals surface area (Å²) < 4.78 is 35.8. The van der Waals surface area contributed by atoms with Crippen LogP contribution in [0.15, 0.2) is 39.6 Å². The lowest BCUT2D eigenvalue weighted by molar-refractivity contribution is 0.0693. The van der Waals surface area contributed by atoms with Crippen molar-refractivity contribution in [2.24, 2.45) is 0 Å². The zero-order valence-electron chi connectivity index (χ0n) is 20.0. The van der Waals surface area contributed by atoms with Crippen LogP contribution in [-0.2, 0) is 10.0 Å². The second-order valence-corrected chi connectivity index (χ2v) is 10.9. The molecule has 0 bridgehead atoms. The van der Waals surface area contributed by atoms with E-state index in [9.17, 15) is 13.2 Å². The van der Waals surface area contributed by atoms with Gasteiger partial charge in [-0.25, -0.2) is 8.42 Å². The number of hydrogen-bond donors (Lipinski definition) is 1. The molecule has 1 saturated heterocycles. The van der Waals surface area contributed by atoms with Crippen molar-refractivity contribution in [3.05, 3.63) is 58.3 Å². The van der Waals surface area contributed by atoms with Crippen LogP contribution >= 0.6 is 0 Å². The summed E-state index contributed by atoms with van der Waals surface area (Å²) in [5.41, 5.74) is 3.98. The summed E-state index contributed by atoms with van der Waals surface area (Å²) in [6.07, 6.45) is 3.07. The number of carbonyl (C=O) groups is 1. The Morgan fingerprint density at radius 3 is 2.24 bits per heavy atom. The van der Waals surface area contributed by atoms with Crippen LogP contribution in [0, 0.1) is 20.8 Å². The molecule has 0 radical (unpaired) electrons. The van der Waals surface area contributed by atoms with E-state index in [0.29, 0.717) is 41.2 Å². The number of piperidine rings is 1. The van der Waals surface area contributed by atoms with E-state index in [-0.39, 0.29) is 22.1 Å². The largest absolute Gasteiger partial charge is 0.449 e. The molecule has 3 aromatic rings. The fraction of sp³-hybridized carbons (Fsp3) is 0.423. The summed E-state index contributed by atoms with van der Waals surface area (Å²) in [7, 11) is -3.95. The monoisotopic (exact) mass is 468 g/mol. The maximum atomic E-state index is 13.5. The number of rotatable bonds is 5. The quantitative estimate of drug-likeness (QED) is 0.505. The zero-order valence-corrected chi connectivity index (χ0v) is 20.8. The van der Waals surface area contributed by atoms with Crippen molar-refractivity contribution < 1.29 is 17.6 Å². The number of likely N-dealkylation sites (tertiary alicyclic amines) is 1. The Morgan fingerprint density at radius 2 is 1.64 bits per heavy atom. The molecular weight excluding hydrogens is 436 g/mol. The molecule has 0 spiro atoms. The summed E-state index contributed by atoms with van der Waals surface area (Å²) in [6, 6.07) is 9.30. The van der Waals surface area contributed by atoms with Crippen molar-refractivity contribution in [3.63, 3.8) is 0 Å². The fourth-order valence-corrected chi connectivity index (χ4v) is 5.96. The van der Waals surface area contributed by atoms with Gasteiger partial charge in [0, 0.05) is 29.7 Å². The minimum atomic E-state index is -3.95. The van der Waals surface area contributed by atoms with Crippen LogP contribution in [0.25, 0.3) is 11.0 Å². The van der Waals surface area contributed by atoms with Gasteiger partial charge in [0.1, 0.15) is 4.90 Å². The Morgan fingerprint density at radius 1 is 1.00 bits per heavy atom. The van der Waals surface area contributed by atoms with Crippen molar-refractivity contribution in [1.29, 1.82) is 0 Å². The second kappa shape index (κ2) is 8.86. The molecule has 2 heterocycles. The average Bonchev–Trinajstić information content (AvgIpc) is 3.10. The van der Waals surface area contributed by atoms with Crippen LogP contribution in [0.3, 0.4) is 0 Å². The van der Waals surface area contributed by atoms with Crippen molar-refractivity contribution >= 4 is 32.6 Å². The Labute approximate surface area is 196 Å². The first-order valence-corrected chi connectivity index (χ1v) is 13.0. The van der Waals surface area contributed by atoms with Crippen molar-refractivity contribution in [3.8, 4) is 0 Å². The number of anilines is 1. The van der Waals surface area contributed by atoms with Crippen LogP contribution in [0.5, 0.6) is 0 Å². The van der Waals surface area contributed by atoms with Gasteiger partial charge >= 0.3 is 0 Å². The molecule has 1 amide bonds. The molecule has 1 aliphatic heterocycles. The molecule has 0 saturated carbocycles. The number of benzene rings is 2. The van der Waals surface area contributed by atoms with E-state index in [1.54, 1.807) is 24.0 Å². The highest BCUT2D eigenvalue weighted by Gasteiger charge is 2.30. The van der Waals surface area contributed by atoms with E-state index < -0.39 is 10.0 Å². The summed E-state index contributed by atoms with van der Waals surface area (Å²) >= 11 is 0. The van der Waals surface area contributed by atoms with E-state index in [0.717, 1.165) is 30.4 Å². The van der Waals surface area contributed by atoms with Crippen LogP contribution in [0.4, 0.5) is 5.69 Å². The molecule has 33 heavy (non-hydrogen) atoms. The van der Waals surface area contributed by atoms with Crippen LogP contribution in [0.2, 0.25) is 0 Å². The number of furan rings is 1. The van der Waals surface area contributed by atoms with E-state index in [2.05, 4.69) is 18.6 Å². The number of amides is 1. The molecular formula is C26H32N2O4S. The molecule has 1 fully saturated rings. The van der Waals surface area contributed by atoms with Gasteiger partial charge in [0.2, 0.25) is 0 Å². The third-order valence-electron chi connectivity index (χ3n) is 6.63. The molecule has 1 N–H and O–H groups in total. The third-order valence-corrected chi connectivity index (χ3v) is 8.16. The number of sulfonamides is 1. The smallest absolute Gasteiger partial charge is 0.289 e. The first kappa shape index (κ1) is 23.4. The molecule has 0 atom stereocenters. The van der Waals surface area contributed by atoms with E-state index >= 15 is 0 Å². The van der Waals surface area contributed by atoms with Gasteiger partial charge in [0.25, 0.3) is 15.9 Å². The molecule has 1 aromatic heterocycles. The maximum absolute atomic E-state index is 13.5. The predicted octanol–water partition coefficient (Wildman–Crippen LogP) is 5.91. The molecule has 7 heteroatoms. The van der Waals surface area contributed by atoms with Crippen molar-refractivity contribution in [2.45, 2.75) is 64.7 Å². The zero-order chi connectivity index (χ0) is 23.9. The van der Waals surface area contributed by atoms with Crippen LogP contribution < -0.4 is 4.72 Å². The molecule has 0 aliphatic carbocycles. The Hall–Kier alpha value is -2.80. The predicted molar refractivity (Wildman–Crippen MR) is 132 cm³/mol. The Balaban J connectivity index is 1.79. The Bertz CT molecular complexity index is 1300. The normalized spacial score (nSPS) is 14.8. The molecule has 1 aliphatic rings. The maximum Gasteiger partial charge on any atom is 0.289 e. The van der Waals surface area contributed by atoms with Gasteiger partial charge in [0.15, 0.2) is 11.3 Å². The lowest BCUT2D eigenvalue weighted by Gasteiger charge is -2.25. The number of fused-ring (bicyclic) bond motifs is 1. The summed E-state index contributed by atoms with van der Waals surface area (Å²) in [4.78, 5) is 15.1. The summed E-state index contributed by atoms with van der Waals surface area (Å²) in [6.45, 7) is 11.1. The number of nitrogens with zero attached hydrogens (tertiary/aromatic N) is 1. The second-order valence-electron chi connectivity index (χ2n) is 9.32. The number of hydrogen-bond acceptors (Lipinski definition) is 4. The lowest BCUT2D eigenvalue weighted by atomic mass is 10.0. The van der Waals surface area contributed by atoms with Gasteiger partial charge in [-0.3, -0.25) is 9.52 Å². The summed E-state index contributed by atoms with van der Waals surface area (Å²) in [5.74, 6) is 0.421. The third kappa shape index (κ3) is 4.38. The molecule has 0 unspecified atom stereocenters. The molecule has 2 aromatic carbocycles. The van der Waals surface area contributed by atoms with E-state index in [1.165, 1.54) is 0 Å². The highest BCUT2D eigenvalue weighted by Crippen LogP contribution is 2.36. The van der Waals surface area contributed by atoms with E-state index in [4.69, 9.17) is 4.42 Å². The van der Waals surface area contributed by atoms with Crippen LogP contribution in [-0.4, -0.2) is 32.3 Å². The minimum absolute atomic E-state index is 0.0891. The first-order valence-electron chi connectivity index (χ1n) is 11.6. The SMILES string of the molecule is Cc1cc2c(C)c(C(=O)N3CCCCC3)oc2c(S(=O)(=O)Nc2ccc(C(C)C)cc2)c1C. The Kier molecular flexibility index (Phi) is 6.27. The average molecular weight is 469 g/mol. The highest BCUT2D eigenvalue weighted by atomic mass is 32.2. The molecule has 4 rings (SSSR count). The lowest BCUT2D eigenvalue weighted by Crippen LogP contribution is -2.35. The van der Waals surface area contributed by atoms with Crippen LogP contribution in [0.1, 0.15) is 71.8 Å². The van der Waals surface area contributed by atoms with E-state index in [1.807, 2.05) is 32.0 Å². The number of nitrogens with one attached hydrogen (secondary N) is 1. The minimum Gasteiger partial charge on any atom is -0.449 e. The van der Waals surface area contributed by atoms with Gasteiger partial charge in [0.05, 0.1) is 0 Å². The number of aryl methyl sites for hydroxylation is 2.